The molecule has 0 aromatic carbocycles. The van der Waals surface area contributed by atoms with Crippen molar-refractivity contribution in [3.05, 3.63) is 35.7 Å². The lowest BCUT2D eigenvalue weighted by atomic mass is 10.1. The lowest BCUT2D eigenvalue weighted by molar-refractivity contribution is 0.122. The fraction of sp³-hybridized carbons (Fsp3) is 0.471. The molecule has 0 saturated carbocycles. The number of nitrogens with zero attached hydrogens (tertiary/aromatic N) is 4. The summed E-state index contributed by atoms with van der Waals surface area (Å²) in [4.78, 5) is 15.3. The third-order valence-electron chi connectivity index (χ3n) is 4.08. The minimum atomic E-state index is 0.186. The first-order valence-electron chi connectivity index (χ1n) is 8.26. The third-order valence-corrected chi connectivity index (χ3v) is 4.08. The van der Waals surface area contributed by atoms with Crippen LogP contribution in [0.3, 0.4) is 0 Å². The maximum atomic E-state index is 5.89. The highest BCUT2D eigenvalue weighted by Crippen LogP contribution is 2.19. The molecule has 0 aliphatic carbocycles. The number of nitrogens with one attached hydrogen (secondary N) is 1. The molecule has 2 aromatic rings. The molecule has 0 bridgehead atoms. The summed E-state index contributed by atoms with van der Waals surface area (Å²) in [6, 6.07) is 6.17. The Kier molecular flexibility index (Phi) is 5.10. The molecule has 24 heavy (non-hydrogen) atoms. The largest absolute Gasteiger partial charge is 0.378 e. The maximum absolute atomic E-state index is 5.89. The van der Waals surface area contributed by atoms with Crippen LogP contribution in [0, 0.1) is 6.92 Å². The number of pyridine rings is 1. The average Bonchev–Trinajstić information content (AvgIpc) is 2.57. The van der Waals surface area contributed by atoms with E-state index in [1.165, 1.54) is 5.56 Å². The summed E-state index contributed by atoms with van der Waals surface area (Å²) in [5.74, 6) is 1.86. The predicted molar refractivity (Wildman–Crippen MR) is 95.2 cm³/mol. The number of ether oxygens (including phenoxy) is 1. The van der Waals surface area contributed by atoms with Gasteiger partial charge in [0.15, 0.2) is 0 Å². The molecular weight excluding hydrogens is 304 g/mol. The zero-order chi connectivity index (χ0) is 16.9. The van der Waals surface area contributed by atoms with Crippen LogP contribution >= 0.6 is 0 Å². The summed E-state index contributed by atoms with van der Waals surface area (Å²) in [5, 5.41) is 3.41. The van der Waals surface area contributed by atoms with Crippen LogP contribution in [0.4, 0.5) is 17.6 Å². The second-order valence-corrected chi connectivity index (χ2v) is 6.09. The molecule has 1 aliphatic heterocycles. The molecule has 7 heteroatoms. The van der Waals surface area contributed by atoms with Crippen molar-refractivity contribution in [2.75, 3.05) is 42.3 Å². The molecule has 0 unspecified atom stereocenters. The molecule has 0 amide bonds. The number of hydrogen-bond acceptors (Lipinski definition) is 7. The number of aromatic nitrogens is 3. The SMILES string of the molecule is Cc1cccnc1C[C@@H](C)Nc1cc(N2CCOCC2)nc(N)n1. The Hall–Kier alpha value is -2.41. The van der Waals surface area contributed by atoms with Gasteiger partial charge in [-0.2, -0.15) is 9.97 Å². The molecule has 128 valence electrons. The van der Waals surface area contributed by atoms with Crippen LogP contribution in [0.25, 0.3) is 0 Å². The summed E-state index contributed by atoms with van der Waals surface area (Å²) in [6.45, 7) is 7.25. The van der Waals surface area contributed by atoms with Gasteiger partial charge in [-0.15, -0.1) is 0 Å². The highest BCUT2D eigenvalue weighted by Gasteiger charge is 2.15. The predicted octanol–water partition coefficient (Wildman–Crippen LogP) is 1.64. The topological polar surface area (TPSA) is 89.2 Å². The fourth-order valence-electron chi connectivity index (χ4n) is 2.81. The van der Waals surface area contributed by atoms with Crippen molar-refractivity contribution < 1.29 is 4.74 Å². The van der Waals surface area contributed by atoms with E-state index in [0.29, 0.717) is 13.2 Å². The van der Waals surface area contributed by atoms with E-state index in [4.69, 9.17) is 10.5 Å². The quantitative estimate of drug-likeness (QED) is 0.862. The molecule has 2 aromatic heterocycles. The Morgan fingerprint density at radius 1 is 1.33 bits per heavy atom. The first kappa shape index (κ1) is 16.4. The molecular formula is C17H24N6O. The van der Waals surface area contributed by atoms with Crippen LogP contribution in [0.1, 0.15) is 18.2 Å². The minimum Gasteiger partial charge on any atom is -0.378 e. The van der Waals surface area contributed by atoms with Crippen molar-refractivity contribution in [3.8, 4) is 0 Å². The van der Waals surface area contributed by atoms with Crippen LogP contribution in [-0.2, 0) is 11.2 Å². The van der Waals surface area contributed by atoms with Crippen molar-refractivity contribution >= 4 is 17.6 Å². The lowest BCUT2D eigenvalue weighted by Gasteiger charge is -2.28. The van der Waals surface area contributed by atoms with Crippen LogP contribution in [0.15, 0.2) is 24.4 Å². The smallest absolute Gasteiger partial charge is 0.223 e. The number of hydrogen-bond donors (Lipinski definition) is 2. The van der Waals surface area contributed by atoms with Gasteiger partial charge >= 0.3 is 0 Å². The van der Waals surface area contributed by atoms with E-state index in [9.17, 15) is 0 Å². The van der Waals surface area contributed by atoms with E-state index in [0.717, 1.165) is 36.8 Å². The minimum absolute atomic E-state index is 0.186. The van der Waals surface area contributed by atoms with Gasteiger partial charge in [-0.3, -0.25) is 4.98 Å². The highest BCUT2D eigenvalue weighted by molar-refractivity contribution is 5.53. The summed E-state index contributed by atoms with van der Waals surface area (Å²) in [7, 11) is 0. The van der Waals surface area contributed by atoms with Gasteiger partial charge in [0.05, 0.1) is 13.2 Å². The van der Waals surface area contributed by atoms with Gasteiger partial charge in [-0.25, -0.2) is 0 Å². The first-order valence-corrected chi connectivity index (χ1v) is 8.26. The van der Waals surface area contributed by atoms with Crippen molar-refractivity contribution in [3.63, 3.8) is 0 Å². The zero-order valence-electron chi connectivity index (χ0n) is 14.2. The Balaban J connectivity index is 1.70. The Morgan fingerprint density at radius 2 is 2.12 bits per heavy atom. The van der Waals surface area contributed by atoms with E-state index in [-0.39, 0.29) is 12.0 Å². The van der Waals surface area contributed by atoms with Crippen LogP contribution in [0.5, 0.6) is 0 Å². The van der Waals surface area contributed by atoms with Crippen LogP contribution in [-0.4, -0.2) is 47.3 Å². The standard InChI is InChI=1S/C17H24N6O/c1-12-4-3-5-19-14(12)10-13(2)20-15-11-16(22-17(18)21-15)23-6-8-24-9-7-23/h3-5,11,13H,6-10H2,1-2H3,(H3,18,20,21,22)/t13-/m1/s1. The number of rotatable bonds is 5. The highest BCUT2D eigenvalue weighted by atomic mass is 16.5. The maximum Gasteiger partial charge on any atom is 0.223 e. The molecule has 1 aliphatic rings. The van der Waals surface area contributed by atoms with E-state index in [1.54, 1.807) is 0 Å². The molecule has 1 saturated heterocycles. The van der Waals surface area contributed by atoms with E-state index in [1.807, 2.05) is 18.3 Å². The van der Waals surface area contributed by atoms with Gasteiger partial charge in [-0.05, 0) is 25.5 Å². The second-order valence-electron chi connectivity index (χ2n) is 6.09. The Bertz CT molecular complexity index is 687. The van der Waals surface area contributed by atoms with E-state index >= 15 is 0 Å². The number of nitrogens with two attached hydrogens (primary N) is 1. The van der Waals surface area contributed by atoms with Crippen molar-refractivity contribution in [2.45, 2.75) is 26.3 Å². The zero-order valence-corrected chi connectivity index (χ0v) is 14.2. The normalized spacial score (nSPS) is 16.0. The Morgan fingerprint density at radius 3 is 2.88 bits per heavy atom. The number of anilines is 3. The van der Waals surface area contributed by atoms with Gasteiger partial charge in [0.2, 0.25) is 5.95 Å². The monoisotopic (exact) mass is 328 g/mol. The number of nitrogen functional groups attached to an aromatic ring is 1. The number of morpholine rings is 1. The van der Waals surface area contributed by atoms with Gasteiger partial charge in [0.1, 0.15) is 11.6 Å². The molecule has 3 N–H and O–H groups in total. The van der Waals surface area contributed by atoms with Crippen LogP contribution < -0.4 is 16.0 Å². The summed E-state index contributed by atoms with van der Waals surface area (Å²) in [6.07, 6.45) is 2.65. The van der Waals surface area contributed by atoms with Crippen molar-refractivity contribution in [1.82, 2.24) is 15.0 Å². The van der Waals surface area contributed by atoms with E-state index < -0.39 is 0 Å². The fourth-order valence-corrected chi connectivity index (χ4v) is 2.81. The van der Waals surface area contributed by atoms with Gasteiger partial charge in [0, 0.05) is 43.5 Å². The second kappa shape index (κ2) is 7.44. The summed E-state index contributed by atoms with van der Waals surface area (Å²) in [5.41, 5.74) is 8.17. The van der Waals surface area contributed by atoms with Crippen molar-refractivity contribution in [2.24, 2.45) is 0 Å². The molecule has 1 atom stereocenters. The molecule has 0 radical (unpaired) electrons. The van der Waals surface area contributed by atoms with Gasteiger partial charge in [0.25, 0.3) is 0 Å². The molecule has 3 heterocycles. The third kappa shape index (κ3) is 4.11. The molecule has 3 rings (SSSR count). The summed E-state index contributed by atoms with van der Waals surface area (Å²) < 4.78 is 5.38. The van der Waals surface area contributed by atoms with Crippen molar-refractivity contribution in [1.29, 1.82) is 0 Å². The Labute approximate surface area is 142 Å². The molecule has 1 fully saturated rings. The first-order chi connectivity index (χ1) is 11.6. The summed E-state index contributed by atoms with van der Waals surface area (Å²) >= 11 is 0. The molecule has 7 nitrogen and oxygen atoms in total. The van der Waals surface area contributed by atoms with Gasteiger partial charge in [-0.1, -0.05) is 6.07 Å². The van der Waals surface area contributed by atoms with E-state index in [2.05, 4.69) is 45.1 Å². The van der Waals surface area contributed by atoms with Crippen LogP contribution in [0.2, 0.25) is 0 Å². The molecule has 0 spiro atoms. The van der Waals surface area contributed by atoms with Gasteiger partial charge < -0.3 is 20.7 Å². The lowest BCUT2D eigenvalue weighted by Crippen LogP contribution is -2.37. The number of aryl methyl sites for hydroxylation is 1. The average molecular weight is 328 g/mol.